The third-order valence-corrected chi connectivity index (χ3v) is 5.00. The van der Waals surface area contributed by atoms with Crippen molar-refractivity contribution in [2.45, 2.75) is 33.6 Å². The summed E-state index contributed by atoms with van der Waals surface area (Å²) in [5.74, 6) is -0.301. The smallest absolute Gasteiger partial charge is 0.336 e. The van der Waals surface area contributed by atoms with Crippen molar-refractivity contribution >= 4 is 11.9 Å². The zero-order chi connectivity index (χ0) is 19.6. The molecule has 1 atom stereocenters. The molecule has 1 unspecified atom stereocenters. The van der Waals surface area contributed by atoms with E-state index in [0.717, 1.165) is 31.5 Å². The normalized spacial score (nSPS) is 17.1. The number of nitrogens with zero attached hydrogens (tertiary/aromatic N) is 2. The zero-order valence-electron chi connectivity index (χ0n) is 16.1. The molecule has 1 amide bonds. The summed E-state index contributed by atoms with van der Waals surface area (Å²) in [5.41, 5.74) is 2.31. The molecular weight excluding hydrogens is 340 g/mol. The third kappa shape index (κ3) is 4.35. The van der Waals surface area contributed by atoms with Crippen LogP contribution in [0.5, 0.6) is 0 Å². The summed E-state index contributed by atoms with van der Waals surface area (Å²) < 4.78 is 0. The Morgan fingerprint density at radius 3 is 2.56 bits per heavy atom. The number of carbonyl (C=O) groups excluding carboxylic acids is 1. The SMILES string of the molecule is CC(C)(C)C(=O)N1CCC(Cc2ccc(-c3ccccc3C(=O)O)nc2)C1. The molecule has 2 heterocycles. The largest absolute Gasteiger partial charge is 0.478 e. The number of likely N-dealkylation sites (tertiary alicyclic amines) is 1. The van der Waals surface area contributed by atoms with Crippen molar-refractivity contribution in [3.8, 4) is 11.3 Å². The molecule has 0 aliphatic carbocycles. The average molecular weight is 366 g/mol. The fraction of sp³-hybridized carbons (Fsp3) is 0.409. The lowest BCUT2D eigenvalue weighted by Gasteiger charge is -2.25. The maximum atomic E-state index is 12.4. The molecule has 1 saturated heterocycles. The summed E-state index contributed by atoms with van der Waals surface area (Å²) in [6.07, 6.45) is 3.70. The maximum Gasteiger partial charge on any atom is 0.336 e. The first kappa shape index (κ1) is 19.1. The topological polar surface area (TPSA) is 70.5 Å². The molecule has 1 N–H and O–H groups in total. The summed E-state index contributed by atoms with van der Waals surface area (Å²) in [7, 11) is 0. The Balaban J connectivity index is 1.67. The maximum absolute atomic E-state index is 12.4. The minimum atomic E-state index is -0.953. The van der Waals surface area contributed by atoms with Crippen LogP contribution < -0.4 is 0 Å². The van der Waals surface area contributed by atoms with Crippen LogP contribution in [-0.2, 0) is 11.2 Å². The van der Waals surface area contributed by atoms with E-state index < -0.39 is 5.97 Å². The number of carboxylic acid groups (broad SMARTS) is 1. The second-order valence-corrected chi connectivity index (χ2v) is 8.26. The van der Waals surface area contributed by atoms with E-state index in [-0.39, 0.29) is 16.9 Å². The van der Waals surface area contributed by atoms with Gasteiger partial charge in [0.2, 0.25) is 5.91 Å². The average Bonchev–Trinajstić information content (AvgIpc) is 3.09. The lowest BCUT2D eigenvalue weighted by Crippen LogP contribution is -2.38. The van der Waals surface area contributed by atoms with Gasteiger partial charge in [-0.3, -0.25) is 9.78 Å². The van der Waals surface area contributed by atoms with Crippen molar-refractivity contribution in [2.24, 2.45) is 11.3 Å². The molecule has 5 nitrogen and oxygen atoms in total. The molecule has 3 rings (SSSR count). The Hall–Kier alpha value is -2.69. The van der Waals surface area contributed by atoms with Crippen LogP contribution in [0, 0.1) is 11.3 Å². The van der Waals surface area contributed by atoms with E-state index in [2.05, 4.69) is 4.98 Å². The van der Waals surface area contributed by atoms with Gasteiger partial charge in [0.15, 0.2) is 0 Å². The molecule has 5 heteroatoms. The Morgan fingerprint density at radius 2 is 1.93 bits per heavy atom. The van der Waals surface area contributed by atoms with E-state index in [4.69, 9.17) is 0 Å². The van der Waals surface area contributed by atoms with E-state index in [1.54, 1.807) is 18.2 Å². The molecule has 1 fully saturated rings. The Bertz CT molecular complexity index is 837. The number of carbonyl (C=O) groups is 2. The first-order valence-corrected chi connectivity index (χ1v) is 9.32. The van der Waals surface area contributed by atoms with Gasteiger partial charge in [-0.05, 0) is 36.5 Å². The molecule has 0 spiro atoms. The van der Waals surface area contributed by atoms with Gasteiger partial charge in [-0.25, -0.2) is 4.79 Å². The van der Waals surface area contributed by atoms with Crippen LogP contribution >= 0.6 is 0 Å². The van der Waals surface area contributed by atoms with Gasteiger partial charge in [-0.1, -0.05) is 45.0 Å². The van der Waals surface area contributed by atoms with Gasteiger partial charge in [0.05, 0.1) is 11.3 Å². The summed E-state index contributed by atoms with van der Waals surface area (Å²) in [4.78, 5) is 30.3. The lowest BCUT2D eigenvalue weighted by atomic mass is 9.94. The number of pyridine rings is 1. The first-order valence-electron chi connectivity index (χ1n) is 9.32. The molecular formula is C22H26N2O3. The second-order valence-electron chi connectivity index (χ2n) is 8.26. The number of aromatic carboxylic acids is 1. The summed E-state index contributed by atoms with van der Waals surface area (Å²) >= 11 is 0. The monoisotopic (exact) mass is 366 g/mol. The van der Waals surface area contributed by atoms with Crippen molar-refractivity contribution in [2.75, 3.05) is 13.1 Å². The number of rotatable bonds is 4. The van der Waals surface area contributed by atoms with Crippen molar-refractivity contribution < 1.29 is 14.7 Å². The first-order chi connectivity index (χ1) is 12.8. The molecule has 142 valence electrons. The number of benzene rings is 1. The minimum absolute atomic E-state index is 0.212. The van der Waals surface area contributed by atoms with Crippen LogP contribution in [0.3, 0.4) is 0 Å². The highest BCUT2D eigenvalue weighted by Crippen LogP contribution is 2.27. The summed E-state index contributed by atoms with van der Waals surface area (Å²) in [6.45, 7) is 7.48. The van der Waals surface area contributed by atoms with Crippen molar-refractivity contribution in [1.29, 1.82) is 0 Å². The van der Waals surface area contributed by atoms with Crippen LogP contribution in [0.15, 0.2) is 42.6 Å². The Kier molecular flexibility index (Phi) is 5.31. The minimum Gasteiger partial charge on any atom is -0.478 e. The summed E-state index contributed by atoms with van der Waals surface area (Å²) in [6, 6.07) is 10.8. The van der Waals surface area contributed by atoms with Gasteiger partial charge in [-0.15, -0.1) is 0 Å². The molecule has 0 saturated carbocycles. The zero-order valence-corrected chi connectivity index (χ0v) is 16.1. The van der Waals surface area contributed by atoms with Gasteiger partial charge in [0, 0.05) is 30.3 Å². The van der Waals surface area contributed by atoms with E-state index in [0.29, 0.717) is 17.2 Å². The van der Waals surface area contributed by atoms with Crippen molar-refractivity contribution in [3.05, 3.63) is 53.7 Å². The highest BCUT2D eigenvalue weighted by atomic mass is 16.4. The molecule has 0 bridgehead atoms. The molecule has 2 aromatic rings. The Labute approximate surface area is 160 Å². The fourth-order valence-corrected chi connectivity index (χ4v) is 3.59. The van der Waals surface area contributed by atoms with E-state index in [1.807, 2.05) is 50.1 Å². The van der Waals surface area contributed by atoms with Crippen LogP contribution in [0.2, 0.25) is 0 Å². The highest BCUT2D eigenvalue weighted by molar-refractivity contribution is 5.95. The molecule has 1 aliphatic rings. The van der Waals surface area contributed by atoms with Crippen LogP contribution in [0.1, 0.15) is 43.1 Å². The third-order valence-electron chi connectivity index (χ3n) is 5.00. The van der Waals surface area contributed by atoms with Crippen LogP contribution in [0.25, 0.3) is 11.3 Å². The Morgan fingerprint density at radius 1 is 1.19 bits per heavy atom. The van der Waals surface area contributed by atoms with Crippen LogP contribution in [-0.4, -0.2) is 40.0 Å². The van der Waals surface area contributed by atoms with Gasteiger partial charge >= 0.3 is 5.97 Å². The fourth-order valence-electron chi connectivity index (χ4n) is 3.59. The molecule has 27 heavy (non-hydrogen) atoms. The number of aromatic nitrogens is 1. The number of amides is 1. The van der Waals surface area contributed by atoms with Crippen molar-refractivity contribution in [3.63, 3.8) is 0 Å². The molecule has 0 radical (unpaired) electrons. The van der Waals surface area contributed by atoms with Gasteiger partial charge in [-0.2, -0.15) is 0 Å². The highest BCUT2D eigenvalue weighted by Gasteiger charge is 2.32. The molecule has 1 aliphatic heterocycles. The van der Waals surface area contributed by atoms with E-state index >= 15 is 0 Å². The molecule has 1 aromatic carbocycles. The molecule has 1 aromatic heterocycles. The number of hydrogen-bond donors (Lipinski definition) is 1. The van der Waals surface area contributed by atoms with E-state index in [9.17, 15) is 14.7 Å². The number of hydrogen-bond acceptors (Lipinski definition) is 3. The van der Waals surface area contributed by atoms with Gasteiger partial charge in [0.25, 0.3) is 0 Å². The predicted octanol–water partition coefficient (Wildman–Crippen LogP) is 3.88. The summed E-state index contributed by atoms with van der Waals surface area (Å²) in [5, 5.41) is 9.34. The second kappa shape index (κ2) is 7.51. The van der Waals surface area contributed by atoms with Crippen molar-refractivity contribution in [1.82, 2.24) is 9.88 Å². The standard InChI is InChI=1S/C22H26N2O3/c1-22(2,3)21(27)24-11-10-16(14-24)12-15-8-9-19(23-13-15)17-6-4-5-7-18(17)20(25)26/h4-9,13,16H,10-12,14H2,1-3H3,(H,25,26). The van der Waals surface area contributed by atoms with Gasteiger partial charge < -0.3 is 10.0 Å². The van der Waals surface area contributed by atoms with Gasteiger partial charge in [0.1, 0.15) is 0 Å². The van der Waals surface area contributed by atoms with Crippen LogP contribution in [0.4, 0.5) is 0 Å². The number of carboxylic acids is 1. The predicted molar refractivity (Wildman–Crippen MR) is 104 cm³/mol. The van der Waals surface area contributed by atoms with E-state index in [1.165, 1.54) is 0 Å². The quantitative estimate of drug-likeness (QED) is 0.891. The lowest BCUT2D eigenvalue weighted by molar-refractivity contribution is -0.138.